The van der Waals surface area contributed by atoms with Crippen molar-refractivity contribution in [2.45, 2.75) is 12.6 Å². The summed E-state index contributed by atoms with van der Waals surface area (Å²) >= 11 is 0. The molecule has 4 aromatic heterocycles. The zero-order chi connectivity index (χ0) is 25.4. The van der Waals surface area contributed by atoms with Crippen molar-refractivity contribution in [1.29, 1.82) is 0 Å². The molecule has 0 aliphatic carbocycles. The monoisotopic (exact) mass is 500 g/mol. The maximum Gasteiger partial charge on any atom is 0.225 e. The van der Waals surface area contributed by atoms with E-state index in [1.807, 2.05) is 18.1 Å². The topological polar surface area (TPSA) is 130 Å². The van der Waals surface area contributed by atoms with Crippen LogP contribution < -0.4 is 4.90 Å². The second kappa shape index (κ2) is 9.43. The molecule has 0 saturated carbocycles. The molecule has 0 spiro atoms. The molecule has 37 heavy (non-hydrogen) atoms. The fraction of sp³-hybridized carbons (Fsp3) is 0.250. The normalized spacial score (nSPS) is 15.8. The maximum atomic E-state index is 14.0. The van der Waals surface area contributed by atoms with Gasteiger partial charge in [0, 0.05) is 49.9 Å². The Balaban J connectivity index is 1.17. The van der Waals surface area contributed by atoms with Crippen molar-refractivity contribution in [2.24, 2.45) is 7.05 Å². The number of hydrogen-bond donors (Lipinski definition) is 0. The number of carbonyl (C=O) groups is 1. The summed E-state index contributed by atoms with van der Waals surface area (Å²) in [7, 11) is 1.84. The van der Waals surface area contributed by atoms with Crippen LogP contribution >= 0.6 is 0 Å². The Morgan fingerprint density at radius 2 is 1.97 bits per heavy atom. The third-order valence-corrected chi connectivity index (χ3v) is 6.13. The van der Waals surface area contributed by atoms with Crippen LogP contribution in [0.1, 0.15) is 10.4 Å². The van der Waals surface area contributed by atoms with Crippen molar-refractivity contribution >= 4 is 23.5 Å². The van der Waals surface area contributed by atoms with Crippen LogP contribution in [-0.2, 0) is 18.3 Å². The Morgan fingerprint density at radius 1 is 1.11 bits per heavy atom. The van der Waals surface area contributed by atoms with Gasteiger partial charge in [-0.2, -0.15) is 5.10 Å². The van der Waals surface area contributed by atoms with Crippen molar-refractivity contribution < 1.29 is 13.9 Å². The molecule has 1 aliphatic heterocycles. The minimum Gasteiger partial charge on any atom is -0.373 e. The number of fused-ring (bicyclic) bond motifs is 1. The molecule has 12 nitrogen and oxygen atoms in total. The van der Waals surface area contributed by atoms with Gasteiger partial charge in [0.15, 0.2) is 11.9 Å². The predicted molar refractivity (Wildman–Crippen MR) is 130 cm³/mol. The number of carbonyl (C=O) groups excluding carboxylic acids is 1. The van der Waals surface area contributed by atoms with Crippen LogP contribution in [0, 0.1) is 5.82 Å². The quantitative estimate of drug-likeness (QED) is 0.319. The smallest absolute Gasteiger partial charge is 0.225 e. The molecule has 0 bridgehead atoms. The van der Waals surface area contributed by atoms with E-state index in [-0.39, 0.29) is 11.7 Å². The van der Waals surface area contributed by atoms with Crippen molar-refractivity contribution in [2.75, 3.05) is 24.6 Å². The van der Waals surface area contributed by atoms with Gasteiger partial charge in [0.1, 0.15) is 5.82 Å². The fourth-order valence-corrected chi connectivity index (χ4v) is 4.21. The van der Waals surface area contributed by atoms with Crippen molar-refractivity contribution in [1.82, 2.24) is 44.7 Å². The molecule has 1 atom stereocenters. The molecular formula is C24H21FN10O2. The number of benzene rings is 1. The van der Waals surface area contributed by atoms with Crippen molar-refractivity contribution in [3.8, 4) is 22.4 Å². The first-order valence-corrected chi connectivity index (χ1v) is 11.6. The molecule has 1 aliphatic rings. The fourth-order valence-electron chi connectivity index (χ4n) is 4.21. The summed E-state index contributed by atoms with van der Waals surface area (Å²) < 4.78 is 23.4. The summed E-state index contributed by atoms with van der Waals surface area (Å²) in [4.78, 5) is 30.9. The predicted octanol–water partition coefficient (Wildman–Crippen LogP) is 1.94. The first-order chi connectivity index (χ1) is 18.1. The summed E-state index contributed by atoms with van der Waals surface area (Å²) in [5, 5.41) is 12.6. The number of ether oxygens (including phenoxy) is 1. The van der Waals surface area contributed by atoms with Crippen LogP contribution in [0.4, 0.5) is 10.3 Å². The maximum absolute atomic E-state index is 14.0. The lowest BCUT2D eigenvalue weighted by atomic mass is 10.1. The first-order valence-electron chi connectivity index (χ1n) is 11.6. The number of aldehydes is 1. The second-order valence-electron chi connectivity index (χ2n) is 8.64. The number of anilines is 1. The summed E-state index contributed by atoms with van der Waals surface area (Å²) in [6.45, 7) is 2.09. The summed E-state index contributed by atoms with van der Waals surface area (Å²) in [5.41, 5.74) is 3.83. The van der Waals surface area contributed by atoms with Crippen LogP contribution in [0.25, 0.3) is 33.7 Å². The summed E-state index contributed by atoms with van der Waals surface area (Å²) in [6.07, 6.45) is 8.83. The van der Waals surface area contributed by atoms with E-state index in [1.165, 1.54) is 12.1 Å². The highest BCUT2D eigenvalue weighted by Crippen LogP contribution is 2.23. The van der Waals surface area contributed by atoms with E-state index < -0.39 is 5.82 Å². The number of hydrogen-bond acceptors (Lipinski definition) is 10. The lowest BCUT2D eigenvalue weighted by Crippen LogP contribution is -2.45. The van der Waals surface area contributed by atoms with E-state index >= 15 is 0 Å². The van der Waals surface area contributed by atoms with Crippen molar-refractivity contribution in [3.05, 3.63) is 60.6 Å². The summed E-state index contributed by atoms with van der Waals surface area (Å²) in [6, 6.07) is 4.41. The number of rotatable bonds is 6. The molecule has 1 saturated heterocycles. The molecule has 6 rings (SSSR count). The Hall–Kier alpha value is -4.65. The van der Waals surface area contributed by atoms with Gasteiger partial charge in [-0.25, -0.2) is 29.0 Å². The third kappa shape index (κ3) is 4.51. The van der Waals surface area contributed by atoms with Crippen LogP contribution in [0.2, 0.25) is 0 Å². The lowest BCUT2D eigenvalue weighted by Gasteiger charge is -2.32. The lowest BCUT2D eigenvalue weighted by molar-refractivity contribution is 0.0273. The Bertz CT molecular complexity index is 1580. The van der Waals surface area contributed by atoms with Gasteiger partial charge in [0.25, 0.3) is 0 Å². The third-order valence-electron chi connectivity index (χ3n) is 6.13. The van der Waals surface area contributed by atoms with E-state index in [0.29, 0.717) is 66.6 Å². The van der Waals surface area contributed by atoms with Gasteiger partial charge in [0.2, 0.25) is 11.6 Å². The van der Waals surface area contributed by atoms with E-state index in [1.54, 1.807) is 40.2 Å². The van der Waals surface area contributed by atoms with Gasteiger partial charge in [-0.1, -0.05) is 11.3 Å². The summed E-state index contributed by atoms with van der Waals surface area (Å²) in [5.74, 6) is -0.0328. The molecule has 1 unspecified atom stereocenters. The van der Waals surface area contributed by atoms with Gasteiger partial charge in [-0.15, -0.1) is 5.10 Å². The van der Waals surface area contributed by atoms with Gasteiger partial charge < -0.3 is 9.64 Å². The van der Waals surface area contributed by atoms with Gasteiger partial charge in [-0.3, -0.25) is 9.48 Å². The molecule has 0 N–H and O–H groups in total. The number of morpholine rings is 1. The minimum absolute atomic E-state index is 0.0140. The highest BCUT2D eigenvalue weighted by molar-refractivity contribution is 5.77. The Kier molecular flexibility index (Phi) is 5.81. The first kappa shape index (κ1) is 22.8. The minimum atomic E-state index is -0.578. The molecular weight excluding hydrogens is 479 g/mol. The van der Waals surface area contributed by atoms with Crippen molar-refractivity contribution in [3.63, 3.8) is 0 Å². The van der Waals surface area contributed by atoms with E-state index in [9.17, 15) is 9.18 Å². The SMILES string of the molecule is Cn1cc(-c2cnc3nnn(CC4CN(c5ncc(-c6ccc(C=O)c(F)c6)cn5)CCO4)c3n2)cn1. The van der Waals surface area contributed by atoms with E-state index in [4.69, 9.17) is 9.72 Å². The average Bonchev–Trinajstić information content (AvgIpc) is 3.54. The standard InChI is InChI=1S/C24H21FN10O2/c1-33-11-18(9-29-33)21-10-26-22-23(30-21)35(32-31-22)13-19-12-34(4-5-37-19)24-27-7-17(8-28-24)15-2-3-16(14-36)20(25)6-15/h2-3,6-11,14,19H,4-5,12-13H2,1H3. The second-order valence-corrected chi connectivity index (χ2v) is 8.64. The highest BCUT2D eigenvalue weighted by atomic mass is 19.1. The zero-order valence-corrected chi connectivity index (χ0v) is 19.8. The van der Waals surface area contributed by atoms with Crippen LogP contribution in [0.3, 0.4) is 0 Å². The number of aromatic nitrogens is 9. The van der Waals surface area contributed by atoms with E-state index in [2.05, 4.69) is 30.4 Å². The largest absolute Gasteiger partial charge is 0.373 e. The van der Waals surface area contributed by atoms with Gasteiger partial charge in [-0.05, 0) is 17.7 Å². The number of halogens is 1. The van der Waals surface area contributed by atoms with Gasteiger partial charge >= 0.3 is 0 Å². The van der Waals surface area contributed by atoms with E-state index in [0.717, 1.165) is 5.56 Å². The zero-order valence-electron chi connectivity index (χ0n) is 19.8. The average molecular weight is 500 g/mol. The van der Waals surface area contributed by atoms with Crippen LogP contribution in [-0.4, -0.2) is 76.8 Å². The molecule has 5 aromatic rings. The number of nitrogens with zero attached hydrogens (tertiary/aromatic N) is 10. The Labute approximate surface area is 209 Å². The van der Waals surface area contributed by atoms with Crippen LogP contribution in [0.15, 0.2) is 49.2 Å². The molecule has 13 heteroatoms. The highest BCUT2D eigenvalue weighted by Gasteiger charge is 2.24. The Morgan fingerprint density at radius 3 is 2.73 bits per heavy atom. The molecule has 0 radical (unpaired) electrons. The molecule has 5 heterocycles. The van der Waals surface area contributed by atoms with Gasteiger partial charge in [0.05, 0.1) is 42.9 Å². The molecule has 186 valence electrons. The molecule has 1 aromatic carbocycles. The molecule has 1 fully saturated rings. The number of aryl methyl sites for hydroxylation is 1. The van der Waals surface area contributed by atoms with Crippen LogP contribution in [0.5, 0.6) is 0 Å². The molecule has 0 amide bonds.